The maximum absolute atomic E-state index is 13.1. The van der Waals surface area contributed by atoms with Gasteiger partial charge in [-0.3, -0.25) is 14.4 Å². The first-order valence-electron chi connectivity index (χ1n) is 11.8. The molecule has 1 saturated heterocycles. The first-order valence-corrected chi connectivity index (χ1v) is 11.8. The van der Waals surface area contributed by atoms with Crippen molar-refractivity contribution >= 4 is 17.7 Å². The van der Waals surface area contributed by atoms with Gasteiger partial charge in [0.2, 0.25) is 18.6 Å². The molecule has 2 aliphatic rings. The van der Waals surface area contributed by atoms with E-state index >= 15 is 0 Å². The van der Waals surface area contributed by atoms with Crippen LogP contribution in [0.15, 0.2) is 18.2 Å². The van der Waals surface area contributed by atoms with E-state index in [-0.39, 0.29) is 35.8 Å². The summed E-state index contributed by atoms with van der Waals surface area (Å²) in [7, 11) is 0. The SMILES string of the molecule is CC(C)CNC(=O)[C@@H](NC(=O)c1ccc2c(c1)OCO2)C1CCN(C(=O)CC(C)(C)C)CC1. The molecule has 2 heterocycles. The normalized spacial score (nSPS) is 17.1. The first-order chi connectivity index (χ1) is 15.5. The minimum atomic E-state index is -0.665. The standard InChI is InChI=1S/C25H37N3O5/c1-16(2)14-26-24(31)22(17-8-10-28(11-9-17)21(29)13-25(3,4)5)27-23(30)18-6-7-19-20(12-18)33-15-32-19/h6-7,12,16-17,22H,8-11,13-15H2,1-5H3,(H,26,31)(H,27,30)/t22-/m0/s1. The van der Waals surface area contributed by atoms with Crippen LogP contribution in [-0.4, -0.2) is 55.1 Å². The molecule has 0 unspecified atom stereocenters. The molecule has 1 aromatic rings. The van der Waals surface area contributed by atoms with Crippen molar-refractivity contribution in [2.75, 3.05) is 26.4 Å². The van der Waals surface area contributed by atoms with Gasteiger partial charge in [0, 0.05) is 31.6 Å². The molecular weight excluding hydrogens is 422 g/mol. The van der Waals surface area contributed by atoms with E-state index in [1.807, 2.05) is 18.7 Å². The number of ether oxygens (including phenoxy) is 2. The molecule has 3 rings (SSSR count). The molecule has 1 atom stereocenters. The van der Waals surface area contributed by atoms with E-state index in [1.165, 1.54) is 0 Å². The number of rotatable bonds is 7. The van der Waals surface area contributed by atoms with E-state index in [9.17, 15) is 14.4 Å². The zero-order valence-electron chi connectivity index (χ0n) is 20.4. The number of hydrogen-bond acceptors (Lipinski definition) is 5. The fourth-order valence-corrected chi connectivity index (χ4v) is 4.12. The molecule has 2 aliphatic heterocycles. The highest BCUT2D eigenvalue weighted by Crippen LogP contribution is 2.32. The van der Waals surface area contributed by atoms with E-state index < -0.39 is 6.04 Å². The van der Waals surface area contributed by atoms with Crippen molar-refractivity contribution in [1.29, 1.82) is 0 Å². The molecular formula is C25H37N3O5. The van der Waals surface area contributed by atoms with Gasteiger partial charge in [-0.2, -0.15) is 0 Å². The van der Waals surface area contributed by atoms with Crippen molar-refractivity contribution in [3.8, 4) is 11.5 Å². The van der Waals surface area contributed by atoms with E-state index in [1.54, 1.807) is 18.2 Å². The summed E-state index contributed by atoms with van der Waals surface area (Å²) < 4.78 is 10.7. The highest BCUT2D eigenvalue weighted by Gasteiger charge is 2.34. The highest BCUT2D eigenvalue weighted by molar-refractivity contribution is 5.98. The van der Waals surface area contributed by atoms with Crippen LogP contribution in [-0.2, 0) is 9.59 Å². The van der Waals surface area contributed by atoms with Crippen LogP contribution >= 0.6 is 0 Å². The maximum atomic E-state index is 13.1. The van der Waals surface area contributed by atoms with Crippen molar-refractivity contribution < 1.29 is 23.9 Å². The van der Waals surface area contributed by atoms with Gasteiger partial charge in [-0.05, 0) is 48.3 Å². The number of amides is 3. The van der Waals surface area contributed by atoms with Gasteiger partial charge in [0.1, 0.15) is 6.04 Å². The van der Waals surface area contributed by atoms with Crippen LogP contribution in [0.4, 0.5) is 0 Å². The molecule has 0 aromatic heterocycles. The maximum Gasteiger partial charge on any atom is 0.252 e. The Morgan fingerprint density at radius 3 is 2.39 bits per heavy atom. The van der Waals surface area contributed by atoms with E-state index in [0.29, 0.717) is 61.9 Å². The number of likely N-dealkylation sites (tertiary alicyclic amines) is 1. The van der Waals surface area contributed by atoms with Gasteiger partial charge in [0.25, 0.3) is 5.91 Å². The molecule has 33 heavy (non-hydrogen) atoms. The van der Waals surface area contributed by atoms with Crippen LogP contribution in [0, 0.1) is 17.3 Å². The third-order valence-electron chi connectivity index (χ3n) is 5.93. The Hall–Kier alpha value is -2.77. The van der Waals surface area contributed by atoms with Crippen molar-refractivity contribution in [3.05, 3.63) is 23.8 Å². The Labute approximate surface area is 196 Å². The second kappa shape index (κ2) is 10.4. The molecule has 1 fully saturated rings. The molecule has 8 heteroatoms. The Morgan fingerprint density at radius 1 is 1.09 bits per heavy atom. The van der Waals surface area contributed by atoms with E-state index in [0.717, 1.165) is 0 Å². The van der Waals surface area contributed by atoms with Crippen LogP contribution in [0.1, 0.15) is 64.2 Å². The van der Waals surface area contributed by atoms with Gasteiger partial charge in [-0.1, -0.05) is 34.6 Å². The second-order valence-corrected chi connectivity index (χ2v) is 10.6. The zero-order chi connectivity index (χ0) is 24.2. The van der Waals surface area contributed by atoms with Crippen molar-refractivity contribution in [1.82, 2.24) is 15.5 Å². The Bertz CT molecular complexity index is 869. The minimum Gasteiger partial charge on any atom is -0.454 e. The summed E-state index contributed by atoms with van der Waals surface area (Å²) in [5.74, 6) is 1.01. The van der Waals surface area contributed by atoms with Crippen LogP contribution in [0.5, 0.6) is 11.5 Å². The van der Waals surface area contributed by atoms with Crippen LogP contribution in [0.25, 0.3) is 0 Å². The number of hydrogen-bond donors (Lipinski definition) is 2. The van der Waals surface area contributed by atoms with Gasteiger partial charge < -0.3 is 25.0 Å². The Morgan fingerprint density at radius 2 is 1.76 bits per heavy atom. The van der Waals surface area contributed by atoms with Gasteiger partial charge in [-0.25, -0.2) is 0 Å². The molecule has 0 bridgehead atoms. The molecule has 3 amide bonds. The van der Waals surface area contributed by atoms with Crippen molar-refractivity contribution in [3.63, 3.8) is 0 Å². The summed E-state index contributed by atoms with van der Waals surface area (Å²) in [5.41, 5.74) is 0.352. The number of piperidine rings is 1. The first kappa shape index (κ1) is 24.9. The number of nitrogens with one attached hydrogen (secondary N) is 2. The molecule has 0 saturated carbocycles. The summed E-state index contributed by atoms with van der Waals surface area (Å²) >= 11 is 0. The number of benzene rings is 1. The fraction of sp³-hybridized carbons (Fsp3) is 0.640. The summed E-state index contributed by atoms with van der Waals surface area (Å²) in [4.78, 5) is 40.6. The molecule has 0 aliphatic carbocycles. The summed E-state index contributed by atoms with van der Waals surface area (Å²) in [6.45, 7) is 12.1. The van der Waals surface area contributed by atoms with Gasteiger partial charge in [-0.15, -0.1) is 0 Å². The molecule has 1 aromatic carbocycles. The lowest BCUT2D eigenvalue weighted by atomic mass is 9.87. The number of nitrogens with zero attached hydrogens (tertiary/aromatic N) is 1. The summed E-state index contributed by atoms with van der Waals surface area (Å²) in [6, 6.07) is 4.33. The van der Waals surface area contributed by atoms with E-state index in [4.69, 9.17) is 9.47 Å². The third-order valence-corrected chi connectivity index (χ3v) is 5.93. The highest BCUT2D eigenvalue weighted by atomic mass is 16.7. The third kappa shape index (κ3) is 6.85. The Balaban J connectivity index is 1.67. The molecule has 0 spiro atoms. The molecule has 0 radical (unpaired) electrons. The fourth-order valence-electron chi connectivity index (χ4n) is 4.12. The van der Waals surface area contributed by atoms with E-state index in [2.05, 4.69) is 31.4 Å². The Kier molecular flexibility index (Phi) is 7.87. The predicted molar refractivity (Wildman–Crippen MR) is 125 cm³/mol. The lowest BCUT2D eigenvalue weighted by Gasteiger charge is -2.37. The molecule has 2 N–H and O–H groups in total. The second-order valence-electron chi connectivity index (χ2n) is 10.6. The van der Waals surface area contributed by atoms with Gasteiger partial charge in [0.15, 0.2) is 11.5 Å². The minimum absolute atomic E-state index is 0.0474. The van der Waals surface area contributed by atoms with Gasteiger partial charge >= 0.3 is 0 Å². The molecule has 8 nitrogen and oxygen atoms in total. The smallest absolute Gasteiger partial charge is 0.252 e. The zero-order valence-corrected chi connectivity index (χ0v) is 20.4. The van der Waals surface area contributed by atoms with Crippen LogP contribution in [0.2, 0.25) is 0 Å². The lowest BCUT2D eigenvalue weighted by molar-refractivity contribution is -0.134. The number of carbonyl (C=O) groups excluding carboxylic acids is 3. The number of fused-ring (bicyclic) bond motifs is 1. The average Bonchev–Trinajstić information content (AvgIpc) is 3.22. The van der Waals surface area contributed by atoms with Crippen LogP contribution < -0.4 is 20.1 Å². The average molecular weight is 460 g/mol. The van der Waals surface area contributed by atoms with Crippen molar-refractivity contribution in [2.45, 2.75) is 59.9 Å². The predicted octanol–water partition coefficient (Wildman–Crippen LogP) is 2.96. The lowest BCUT2D eigenvalue weighted by Crippen LogP contribution is -2.54. The van der Waals surface area contributed by atoms with Crippen molar-refractivity contribution in [2.24, 2.45) is 17.3 Å². The largest absolute Gasteiger partial charge is 0.454 e. The number of carbonyl (C=O) groups is 3. The van der Waals surface area contributed by atoms with Crippen LogP contribution in [0.3, 0.4) is 0 Å². The monoisotopic (exact) mass is 459 g/mol. The molecule has 182 valence electrons. The summed E-state index contributed by atoms with van der Waals surface area (Å²) in [5, 5.41) is 5.91. The topological polar surface area (TPSA) is 97.0 Å². The quantitative estimate of drug-likeness (QED) is 0.653. The van der Waals surface area contributed by atoms with Gasteiger partial charge in [0.05, 0.1) is 0 Å². The summed E-state index contributed by atoms with van der Waals surface area (Å²) in [6.07, 6.45) is 1.82.